The van der Waals surface area contributed by atoms with Crippen LogP contribution in [0, 0.1) is 11.3 Å². The number of nitrogens with zero attached hydrogens (tertiary/aromatic N) is 6. The second kappa shape index (κ2) is 12.3. The van der Waals surface area contributed by atoms with Crippen molar-refractivity contribution in [1.29, 1.82) is 5.26 Å². The fraction of sp³-hybridized carbons (Fsp3) is 0.0323. The fourth-order valence-corrected chi connectivity index (χ4v) is 6.03. The predicted octanol–water partition coefficient (Wildman–Crippen LogP) is 6.65. The fourth-order valence-electron chi connectivity index (χ4n) is 4.91. The number of H-pyrrole nitrogens is 1. The second-order valence-corrected chi connectivity index (χ2v) is 12.9. The van der Waals surface area contributed by atoms with E-state index in [1.165, 1.54) is 35.8 Å². The molecule has 0 saturated carbocycles. The Balaban J connectivity index is 1.49. The molecule has 17 heteroatoms. The van der Waals surface area contributed by atoms with Gasteiger partial charge in [0, 0.05) is 5.56 Å². The molecule has 0 aliphatic carbocycles. The summed E-state index contributed by atoms with van der Waals surface area (Å²) in [6.07, 6.45) is 0. The number of methoxy groups -OCH3 is 1. The number of benzene rings is 4. The van der Waals surface area contributed by atoms with Crippen LogP contribution in [-0.4, -0.2) is 42.4 Å². The van der Waals surface area contributed by atoms with Gasteiger partial charge in [0.25, 0.3) is 25.8 Å². The third kappa shape index (κ3) is 6.06. The lowest BCUT2D eigenvalue weighted by atomic mass is 9.99. The molecule has 0 amide bonds. The number of ether oxygens (including phenoxy) is 1. The molecule has 0 radical (unpaired) electrons. The monoisotopic (exact) mass is 683 g/mol. The van der Waals surface area contributed by atoms with Crippen molar-refractivity contribution in [2.45, 2.75) is 9.79 Å². The molecule has 4 aromatic carbocycles. The van der Waals surface area contributed by atoms with Gasteiger partial charge in [-0.3, -0.25) is 18.3 Å². The van der Waals surface area contributed by atoms with Gasteiger partial charge in [-0.15, -0.1) is 10.2 Å². The van der Waals surface area contributed by atoms with Gasteiger partial charge in [-0.1, -0.05) is 24.3 Å². The largest absolute Gasteiger partial charge is 0.497 e. The van der Waals surface area contributed by atoms with Crippen LogP contribution >= 0.6 is 0 Å². The maximum atomic E-state index is 14.1. The van der Waals surface area contributed by atoms with Gasteiger partial charge >= 0.3 is 0 Å². The number of aromatic amines is 1. The molecule has 2 aromatic heterocycles. The van der Waals surface area contributed by atoms with Crippen LogP contribution < -0.4 is 10.3 Å². The van der Waals surface area contributed by atoms with Gasteiger partial charge in [-0.2, -0.15) is 32.3 Å². The molecule has 0 aliphatic heterocycles. The molecule has 0 bridgehead atoms. The Bertz CT molecular complexity index is 2620. The van der Waals surface area contributed by atoms with Crippen LogP contribution in [0.5, 0.6) is 5.75 Å². The van der Waals surface area contributed by atoms with E-state index in [1.807, 2.05) is 0 Å². The van der Waals surface area contributed by atoms with Crippen LogP contribution in [0.4, 0.5) is 22.7 Å². The molecule has 3 N–H and O–H groups in total. The van der Waals surface area contributed by atoms with Crippen molar-refractivity contribution in [2.24, 2.45) is 20.5 Å². The lowest BCUT2D eigenvalue weighted by Gasteiger charge is -2.10. The zero-order valence-electron chi connectivity index (χ0n) is 24.5. The number of nitrogens with one attached hydrogen (secondary N) is 1. The highest BCUT2D eigenvalue weighted by molar-refractivity contribution is 7.86. The lowest BCUT2D eigenvalue weighted by molar-refractivity contribution is 0.415. The summed E-state index contributed by atoms with van der Waals surface area (Å²) >= 11 is 0. The molecule has 0 spiro atoms. The Morgan fingerprint density at radius 3 is 2.12 bits per heavy atom. The van der Waals surface area contributed by atoms with Crippen LogP contribution in [0.2, 0.25) is 0 Å². The highest BCUT2D eigenvalue weighted by Crippen LogP contribution is 2.37. The first kappa shape index (κ1) is 31.9. The number of pyridine rings is 1. The van der Waals surface area contributed by atoms with Gasteiger partial charge in [0.15, 0.2) is 5.69 Å². The quantitative estimate of drug-likeness (QED) is 0.115. The number of imidazole rings is 1. The van der Waals surface area contributed by atoms with Crippen LogP contribution in [0.25, 0.3) is 27.8 Å². The predicted molar refractivity (Wildman–Crippen MR) is 173 cm³/mol. The number of nitriles is 1. The van der Waals surface area contributed by atoms with Crippen LogP contribution in [0.15, 0.2) is 126 Å². The zero-order valence-corrected chi connectivity index (χ0v) is 26.1. The van der Waals surface area contributed by atoms with E-state index in [0.717, 1.165) is 18.2 Å². The standard InChI is InChI=1S/C31H21N7O8S2/c1-46-21-11-6-18(7-12-21)28-23(17-32)30-33-24-4-2-3-5-26(24)38(30)31(39)29(28)37-36-25-15-10-20(16-27(25)48(43,44)45)35-34-19-8-13-22(14-9-19)47(40,41)42/h2-16,33H,1H3,(H,40,41,42)(H,43,44,45). The van der Waals surface area contributed by atoms with Gasteiger partial charge in [-0.05, 0) is 72.3 Å². The smallest absolute Gasteiger partial charge is 0.296 e. The first-order valence-corrected chi connectivity index (χ1v) is 16.5. The number of hydrogen-bond donors (Lipinski definition) is 3. The molecule has 0 atom stereocenters. The van der Waals surface area contributed by atoms with Crippen molar-refractivity contribution in [1.82, 2.24) is 9.38 Å². The Morgan fingerprint density at radius 1 is 0.812 bits per heavy atom. The molecule has 15 nitrogen and oxygen atoms in total. The molecule has 0 fully saturated rings. The zero-order chi connectivity index (χ0) is 34.2. The molecular formula is C31H21N7O8S2. The summed E-state index contributed by atoms with van der Waals surface area (Å²) in [5.41, 5.74) is 0.729. The van der Waals surface area contributed by atoms with E-state index >= 15 is 0 Å². The molecule has 0 aliphatic rings. The molecule has 0 saturated heterocycles. The van der Waals surface area contributed by atoms with Gasteiger partial charge in [0.05, 0.1) is 34.4 Å². The summed E-state index contributed by atoms with van der Waals surface area (Å²) in [5, 5.41) is 26.4. The summed E-state index contributed by atoms with van der Waals surface area (Å²) in [7, 11) is -7.84. The lowest BCUT2D eigenvalue weighted by Crippen LogP contribution is -2.14. The van der Waals surface area contributed by atoms with E-state index in [9.17, 15) is 31.4 Å². The first-order valence-electron chi connectivity index (χ1n) is 13.7. The third-order valence-electron chi connectivity index (χ3n) is 7.14. The van der Waals surface area contributed by atoms with Gasteiger partial charge in [0.1, 0.15) is 33.6 Å². The van der Waals surface area contributed by atoms with E-state index in [2.05, 4.69) is 31.5 Å². The molecule has 6 rings (SSSR count). The van der Waals surface area contributed by atoms with Crippen molar-refractivity contribution in [3.8, 4) is 22.9 Å². The number of fused-ring (bicyclic) bond motifs is 3. The van der Waals surface area contributed by atoms with E-state index in [-0.39, 0.29) is 44.4 Å². The minimum atomic E-state index is -4.92. The van der Waals surface area contributed by atoms with Crippen molar-refractivity contribution < 1.29 is 30.7 Å². The van der Waals surface area contributed by atoms with Gasteiger partial charge < -0.3 is 9.72 Å². The van der Waals surface area contributed by atoms with Crippen LogP contribution in [-0.2, 0) is 20.2 Å². The Morgan fingerprint density at radius 2 is 1.48 bits per heavy atom. The van der Waals surface area contributed by atoms with E-state index in [1.54, 1.807) is 48.5 Å². The van der Waals surface area contributed by atoms with Crippen molar-refractivity contribution in [3.63, 3.8) is 0 Å². The Hall–Kier alpha value is -6.06. The van der Waals surface area contributed by atoms with Crippen LogP contribution in [0.1, 0.15) is 5.56 Å². The molecule has 240 valence electrons. The van der Waals surface area contributed by atoms with Gasteiger partial charge in [-0.25, -0.2) is 0 Å². The molecule has 2 heterocycles. The second-order valence-electron chi connectivity index (χ2n) is 10.1. The van der Waals surface area contributed by atoms with Crippen molar-refractivity contribution in [3.05, 3.63) is 107 Å². The number of para-hydroxylation sites is 2. The molecule has 48 heavy (non-hydrogen) atoms. The molecular weight excluding hydrogens is 663 g/mol. The number of aromatic nitrogens is 2. The average molecular weight is 684 g/mol. The Kier molecular flexibility index (Phi) is 8.16. The number of rotatable bonds is 8. The third-order valence-corrected chi connectivity index (χ3v) is 8.89. The minimum absolute atomic E-state index is 0.0357. The summed E-state index contributed by atoms with van der Waals surface area (Å²) in [4.78, 5) is 16.1. The number of hydrogen-bond acceptors (Lipinski definition) is 11. The van der Waals surface area contributed by atoms with Crippen molar-refractivity contribution >= 4 is 59.7 Å². The molecule has 0 unspecified atom stereocenters. The highest BCUT2D eigenvalue weighted by atomic mass is 32.2. The van der Waals surface area contributed by atoms with E-state index in [4.69, 9.17) is 9.29 Å². The number of azo groups is 2. The Labute approximate surface area is 271 Å². The topological polar surface area (TPSA) is 228 Å². The summed E-state index contributed by atoms with van der Waals surface area (Å²) < 4.78 is 73.0. The van der Waals surface area contributed by atoms with Gasteiger partial charge in [0.2, 0.25) is 0 Å². The minimum Gasteiger partial charge on any atom is -0.497 e. The van der Waals surface area contributed by atoms with E-state index < -0.39 is 30.7 Å². The maximum absolute atomic E-state index is 14.1. The normalized spacial score (nSPS) is 12.3. The average Bonchev–Trinajstić information content (AvgIpc) is 3.46. The summed E-state index contributed by atoms with van der Waals surface area (Å²) in [6.45, 7) is 0. The maximum Gasteiger partial charge on any atom is 0.296 e. The SMILES string of the molecule is COc1ccc(-c2c(N=Nc3ccc(N=Nc4ccc(S(=O)(=O)O)cc4)cc3S(=O)(=O)O)c(=O)n3c([nH]c4ccccc43)c2C#N)cc1. The van der Waals surface area contributed by atoms with Crippen LogP contribution in [0.3, 0.4) is 0 Å². The summed E-state index contributed by atoms with van der Waals surface area (Å²) in [5.74, 6) is 0.522. The highest BCUT2D eigenvalue weighted by Gasteiger charge is 2.23. The van der Waals surface area contributed by atoms with Crippen molar-refractivity contribution in [2.75, 3.05) is 7.11 Å². The summed E-state index contributed by atoms with van der Waals surface area (Å²) in [6, 6.07) is 23.8. The van der Waals surface area contributed by atoms with E-state index in [0.29, 0.717) is 22.3 Å². The molecule has 6 aromatic rings. The first-order chi connectivity index (χ1) is 22.9.